The summed E-state index contributed by atoms with van der Waals surface area (Å²) in [5, 5.41) is 13.2. The first kappa shape index (κ1) is 20.9. The van der Waals surface area contributed by atoms with E-state index in [0.29, 0.717) is 18.4 Å². The van der Waals surface area contributed by atoms with E-state index in [1.807, 2.05) is 12.2 Å². The summed E-state index contributed by atoms with van der Waals surface area (Å²) < 4.78 is 0.846. The van der Waals surface area contributed by atoms with Gasteiger partial charge in [0, 0.05) is 22.2 Å². The van der Waals surface area contributed by atoms with Crippen molar-refractivity contribution in [1.82, 2.24) is 10.0 Å². The summed E-state index contributed by atoms with van der Waals surface area (Å²) in [6, 6.07) is 12.4. The predicted octanol–water partition coefficient (Wildman–Crippen LogP) is 3.87. The zero-order valence-corrected chi connectivity index (χ0v) is 17.9. The van der Waals surface area contributed by atoms with Gasteiger partial charge in [-0.25, -0.2) is 5.01 Å². The van der Waals surface area contributed by atoms with Gasteiger partial charge < -0.3 is 0 Å². The minimum atomic E-state index is -0.653. The highest BCUT2D eigenvalue weighted by Crippen LogP contribution is 2.36. The third-order valence-electron chi connectivity index (χ3n) is 5.51. The van der Waals surface area contributed by atoms with Gasteiger partial charge in [-0.2, -0.15) is 5.01 Å². The van der Waals surface area contributed by atoms with Gasteiger partial charge in [0.25, 0.3) is 23.4 Å². The molecule has 2 aromatic rings. The summed E-state index contributed by atoms with van der Waals surface area (Å²) in [4.78, 5) is 50.2. The molecule has 0 spiro atoms. The number of nitrogens with zero attached hydrogens (tertiary/aromatic N) is 3. The van der Waals surface area contributed by atoms with Gasteiger partial charge in [-0.05, 0) is 36.6 Å². The van der Waals surface area contributed by atoms with E-state index >= 15 is 0 Å². The van der Waals surface area contributed by atoms with Crippen LogP contribution in [0.15, 0.2) is 65.2 Å². The third-order valence-corrected chi connectivity index (χ3v) is 6.04. The fourth-order valence-electron chi connectivity index (χ4n) is 3.92. The zero-order chi connectivity index (χ0) is 22.1. The highest BCUT2D eigenvalue weighted by Gasteiger charge is 2.50. The first-order valence-corrected chi connectivity index (χ1v) is 10.5. The van der Waals surface area contributed by atoms with Gasteiger partial charge in [-0.1, -0.05) is 46.3 Å². The summed E-state index contributed by atoms with van der Waals surface area (Å²) >= 11 is 3.36. The van der Waals surface area contributed by atoms with Crippen molar-refractivity contribution >= 4 is 39.3 Å². The molecule has 1 aliphatic carbocycles. The molecule has 1 aliphatic heterocycles. The van der Waals surface area contributed by atoms with Crippen LogP contribution in [-0.4, -0.2) is 32.7 Å². The SMILES string of the molecule is O=C(c1cccc([N+](=O)[O-])c1)N(Cc1ccc(Br)cc1)N1C(=O)[C@H]2CC=CC[C@@H]2C1=O. The minimum absolute atomic E-state index is 0.0277. The number of imide groups is 1. The van der Waals surface area contributed by atoms with E-state index in [0.717, 1.165) is 20.6 Å². The number of carbonyl (C=O) groups is 3. The molecule has 2 aromatic carbocycles. The Morgan fingerprint density at radius 3 is 2.26 bits per heavy atom. The Hall–Kier alpha value is -3.33. The normalized spacial score (nSPS) is 20.0. The first-order chi connectivity index (χ1) is 14.9. The van der Waals surface area contributed by atoms with Gasteiger partial charge in [0.05, 0.1) is 23.3 Å². The fourth-order valence-corrected chi connectivity index (χ4v) is 4.18. The van der Waals surface area contributed by atoms with Crippen molar-refractivity contribution in [3.05, 3.63) is 86.4 Å². The number of nitro benzene ring substituents is 1. The molecule has 0 bridgehead atoms. The zero-order valence-electron chi connectivity index (χ0n) is 16.3. The second-order valence-corrected chi connectivity index (χ2v) is 8.36. The monoisotopic (exact) mass is 483 g/mol. The van der Waals surface area contributed by atoms with Crippen LogP contribution < -0.4 is 0 Å². The smallest absolute Gasteiger partial charge is 0.272 e. The molecule has 4 rings (SSSR count). The number of amides is 3. The molecule has 0 aromatic heterocycles. The van der Waals surface area contributed by atoms with E-state index < -0.39 is 34.5 Å². The topological polar surface area (TPSA) is 101 Å². The molecule has 0 unspecified atom stereocenters. The molecule has 8 nitrogen and oxygen atoms in total. The molecular weight excluding hydrogens is 466 g/mol. The number of benzene rings is 2. The summed E-state index contributed by atoms with van der Waals surface area (Å²) in [7, 11) is 0. The van der Waals surface area contributed by atoms with Crippen molar-refractivity contribution < 1.29 is 19.3 Å². The maximum absolute atomic E-state index is 13.4. The van der Waals surface area contributed by atoms with Crippen molar-refractivity contribution in [2.75, 3.05) is 0 Å². The lowest BCUT2D eigenvalue weighted by Crippen LogP contribution is -2.49. The molecule has 158 valence electrons. The van der Waals surface area contributed by atoms with Crippen LogP contribution in [-0.2, 0) is 16.1 Å². The molecule has 0 saturated carbocycles. The fraction of sp³-hybridized carbons (Fsp3) is 0.227. The molecule has 0 radical (unpaired) electrons. The van der Waals surface area contributed by atoms with Gasteiger partial charge in [0.2, 0.25) is 0 Å². The van der Waals surface area contributed by atoms with Crippen LogP contribution >= 0.6 is 15.9 Å². The number of rotatable bonds is 5. The molecular formula is C22H18BrN3O5. The second-order valence-electron chi connectivity index (χ2n) is 7.44. The maximum atomic E-state index is 13.4. The number of hydrogen-bond donors (Lipinski definition) is 0. The van der Waals surface area contributed by atoms with Crippen molar-refractivity contribution in [3.8, 4) is 0 Å². The van der Waals surface area contributed by atoms with Crippen LogP contribution in [0.25, 0.3) is 0 Å². The average Bonchev–Trinajstić information content (AvgIpc) is 3.03. The lowest BCUT2D eigenvalue weighted by molar-refractivity contribution is -0.384. The van der Waals surface area contributed by atoms with Gasteiger partial charge >= 0.3 is 0 Å². The van der Waals surface area contributed by atoms with Crippen LogP contribution in [0.5, 0.6) is 0 Å². The minimum Gasteiger partial charge on any atom is -0.272 e. The number of carbonyl (C=O) groups excluding carboxylic acids is 3. The molecule has 9 heteroatoms. The van der Waals surface area contributed by atoms with E-state index in [9.17, 15) is 24.5 Å². The number of nitro groups is 1. The Bertz CT molecular complexity index is 1070. The highest BCUT2D eigenvalue weighted by atomic mass is 79.9. The quantitative estimate of drug-likeness (QED) is 0.278. The van der Waals surface area contributed by atoms with Crippen LogP contribution in [0.4, 0.5) is 5.69 Å². The second kappa shape index (κ2) is 8.43. The highest BCUT2D eigenvalue weighted by molar-refractivity contribution is 9.10. The van der Waals surface area contributed by atoms with E-state index in [1.54, 1.807) is 24.3 Å². The molecule has 2 aliphatic rings. The lowest BCUT2D eigenvalue weighted by atomic mass is 9.85. The van der Waals surface area contributed by atoms with Gasteiger partial charge in [-0.15, -0.1) is 0 Å². The van der Waals surface area contributed by atoms with Crippen LogP contribution in [0.3, 0.4) is 0 Å². The molecule has 2 atom stereocenters. The number of hydrogen-bond acceptors (Lipinski definition) is 5. The summed E-state index contributed by atoms with van der Waals surface area (Å²) in [5.74, 6) is -2.49. The molecule has 0 N–H and O–H groups in total. The van der Waals surface area contributed by atoms with Gasteiger partial charge in [-0.3, -0.25) is 24.5 Å². The number of hydrazine groups is 1. The predicted molar refractivity (Wildman–Crippen MR) is 114 cm³/mol. The standard InChI is InChI=1S/C22H18BrN3O5/c23-16-10-8-14(9-11-16)13-24(20(27)15-4-3-5-17(12-15)26(30)31)25-21(28)18-6-1-2-7-19(18)22(25)29/h1-5,8-12,18-19H,6-7,13H2/t18-,19-/m0/s1. The summed E-state index contributed by atoms with van der Waals surface area (Å²) in [5.41, 5.74) is 0.488. The van der Waals surface area contributed by atoms with Gasteiger partial charge in [0.15, 0.2) is 0 Å². The van der Waals surface area contributed by atoms with Crippen LogP contribution in [0.2, 0.25) is 0 Å². The van der Waals surface area contributed by atoms with E-state index in [1.165, 1.54) is 18.2 Å². The Labute approximate surface area is 186 Å². The number of allylic oxidation sites excluding steroid dienone is 2. The Morgan fingerprint density at radius 2 is 1.68 bits per heavy atom. The van der Waals surface area contributed by atoms with Gasteiger partial charge in [0.1, 0.15) is 0 Å². The van der Waals surface area contributed by atoms with Crippen molar-refractivity contribution in [2.45, 2.75) is 19.4 Å². The number of halogens is 1. The van der Waals surface area contributed by atoms with E-state index in [4.69, 9.17) is 0 Å². The maximum Gasteiger partial charge on any atom is 0.273 e. The lowest BCUT2D eigenvalue weighted by Gasteiger charge is -2.30. The average molecular weight is 484 g/mol. The first-order valence-electron chi connectivity index (χ1n) is 9.70. The van der Waals surface area contributed by atoms with Crippen LogP contribution in [0, 0.1) is 22.0 Å². The largest absolute Gasteiger partial charge is 0.273 e. The molecule has 1 fully saturated rings. The van der Waals surface area contributed by atoms with Crippen molar-refractivity contribution in [1.29, 1.82) is 0 Å². The number of fused-ring (bicyclic) bond motifs is 1. The third kappa shape index (κ3) is 4.00. The van der Waals surface area contributed by atoms with E-state index in [-0.39, 0.29) is 17.8 Å². The molecule has 1 saturated heterocycles. The van der Waals surface area contributed by atoms with Crippen molar-refractivity contribution in [3.63, 3.8) is 0 Å². The number of non-ortho nitro benzene ring substituents is 1. The Balaban J connectivity index is 1.72. The summed E-state index contributed by atoms with van der Waals surface area (Å²) in [6.45, 7) is -0.0286. The molecule has 31 heavy (non-hydrogen) atoms. The van der Waals surface area contributed by atoms with E-state index in [2.05, 4.69) is 15.9 Å². The Morgan fingerprint density at radius 1 is 1.06 bits per heavy atom. The van der Waals surface area contributed by atoms with Crippen molar-refractivity contribution in [2.24, 2.45) is 11.8 Å². The summed E-state index contributed by atoms with van der Waals surface area (Å²) in [6.07, 6.45) is 4.64. The molecule has 3 amide bonds. The van der Waals surface area contributed by atoms with Crippen LogP contribution in [0.1, 0.15) is 28.8 Å². The Kier molecular flexibility index (Phi) is 5.69. The molecule has 1 heterocycles.